The third-order valence-corrected chi connectivity index (χ3v) is 4.22. The summed E-state index contributed by atoms with van der Waals surface area (Å²) < 4.78 is 23.4. The maximum atomic E-state index is 12.7. The normalized spacial score (nSPS) is 12.8. The summed E-state index contributed by atoms with van der Waals surface area (Å²) in [4.78, 5) is 0. The lowest BCUT2D eigenvalue weighted by molar-refractivity contribution is 0.224. The monoisotopic (exact) mass is 275 g/mol. The molecule has 4 nitrogen and oxygen atoms in total. The van der Waals surface area contributed by atoms with Crippen molar-refractivity contribution in [3.63, 3.8) is 0 Å². The second kappa shape index (κ2) is 8.55. The number of hydrogen-bond donors (Lipinski definition) is 1. The number of rotatable bonds is 8. The lowest BCUT2D eigenvalue weighted by atomic mass is 10.3. The van der Waals surface area contributed by atoms with E-state index in [4.69, 9.17) is 9.05 Å². The standard InChI is InChI=1S/C13H26NO3P/c1-7-12(6)14-13(10-11(4)5)18(15,16-8-2)17-9-3/h12,14H,7-9H2,1-6H3. The van der Waals surface area contributed by atoms with Crippen LogP contribution in [0.15, 0.2) is 16.7 Å². The van der Waals surface area contributed by atoms with E-state index in [1.807, 2.05) is 20.8 Å². The summed E-state index contributed by atoms with van der Waals surface area (Å²) >= 11 is 0. The van der Waals surface area contributed by atoms with Crippen LogP contribution in [0.5, 0.6) is 0 Å². The van der Waals surface area contributed by atoms with Crippen LogP contribution >= 0.6 is 7.60 Å². The highest BCUT2D eigenvalue weighted by atomic mass is 31.2. The molecule has 106 valence electrons. The second-order valence-corrected chi connectivity index (χ2v) is 6.22. The van der Waals surface area contributed by atoms with Gasteiger partial charge in [-0.25, -0.2) is 0 Å². The predicted octanol–water partition coefficient (Wildman–Crippen LogP) is 4.05. The van der Waals surface area contributed by atoms with Crippen LogP contribution in [-0.2, 0) is 13.6 Å². The van der Waals surface area contributed by atoms with E-state index in [0.29, 0.717) is 18.7 Å². The lowest BCUT2D eigenvalue weighted by Gasteiger charge is -2.22. The fraction of sp³-hybridized carbons (Fsp3) is 0.769. The van der Waals surface area contributed by atoms with Crippen molar-refractivity contribution in [2.75, 3.05) is 13.2 Å². The second-order valence-electron chi connectivity index (χ2n) is 4.26. The molecule has 1 N–H and O–H groups in total. The Balaban J connectivity index is 5.40. The van der Waals surface area contributed by atoms with Crippen molar-refractivity contribution >= 4 is 7.60 Å². The van der Waals surface area contributed by atoms with E-state index in [-0.39, 0.29) is 6.04 Å². The number of hydrogen-bond acceptors (Lipinski definition) is 4. The third-order valence-electron chi connectivity index (χ3n) is 2.24. The average Bonchev–Trinajstić information content (AvgIpc) is 2.28. The summed E-state index contributed by atoms with van der Waals surface area (Å²) in [5, 5.41) is 3.18. The van der Waals surface area contributed by atoms with Crippen LogP contribution in [0.25, 0.3) is 0 Å². The van der Waals surface area contributed by atoms with Gasteiger partial charge in [0.25, 0.3) is 0 Å². The molecule has 0 radical (unpaired) electrons. The van der Waals surface area contributed by atoms with E-state index < -0.39 is 7.60 Å². The highest BCUT2D eigenvalue weighted by molar-refractivity contribution is 7.58. The largest absolute Gasteiger partial charge is 0.385 e. The zero-order chi connectivity index (χ0) is 14.2. The highest BCUT2D eigenvalue weighted by Gasteiger charge is 2.30. The summed E-state index contributed by atoms with van der Waals surface area (Å²) in [5.41, 5.74) is 4.43. The Morgan fingerprint density at radius 1 is 1.22 bits per heavy atom. The van der Waals surface area contributed by atoms with Crippen LogP contribution in [0, 0.1) is 0 Å². The van der Waals surface area contributed by atoms with Crippen LogP contribution in [0.3, 0.4) is 0 Å². The Labute approximate surface area is 111 Å². The third kappa shape index (κ3) is 5.88. The zero-order valence-electron chi connectivity index (χ0n) is 12.4. The van der Waals surface area contributed by atoms with E-state index in [9.17, 15) is 4.57 Å². The number of nitrogens with one attached hydrogen (secondary N) is 1. The first-order valence-corrected chi connectivity index (χ1v) is 8.04. The van der Waals surface area contributed by atoms with Crippen LogP contribution in [-0.4, -0.2) is 19.3 Å². The Hall–Kier alpha value is -0.530. The minimum absolute atomic E-state index is 0.195. The molecule has 0 aliphatic heterocycles. The maximum absolute atomic E-state index is 12.7. The molecule has 0 fully saturated rings. The first-order chi connectivity index (χ1) is 8.39. The molecule has 0 rings (SSSR count). The van der Waals surface area contributed by atoms with Gasteiger partial charge in [-0.15, -0.1) is 0 Å². The van der Waals surface area contributed by atoms with Crippen LogP contribution in [0.2, 0.25) is 0 Å². The first-order valence-electron chi connectivity index (χ1n) is 6.49. The van der Waals surface area contributed by atoms with Gasteiger partial charge in [-0.1, -0.05) is 12.7 Å². The topological polar surface area (TPSA) is 47.6 Å². The smallest absolute Gasteiger partial charge is 0.370 e. The van der Waals surface area contributed by atoms with Crippen molar-refractivity contribution in [2.24, 2.45) is 0 Å². The molecule has 0 aromatic rings. The molecule has 0 aliphatic rings. The van der Waals surface area contributed by atoms with Crippen molar-refractivity contribution < 1.29 is 13.6 Å². The predicted molar refractivity (Wildman–Crippen MR) is 75.6 cm³/mol. The van der Waals surface area contributed by atoms with Crippen molar-refractivity contribution in [2.45, 2.75) is 54.0 Å². The van der Waals surface area contributed by atoms with Gasteiger partial charge in [-0.05, 0) is 46.6 Å². The van der Waals surface area contributed by atoms with Crippen LogP contribution in [0.1, 0.15) is 48.0 Å². The van der Waals surface area contributed by atoms with E-state index in [0.717, 1.165) is 12.0 Å². The molecule has 1 atom stereocenters. The number of allylic oxidation sites excluding steroid dienone is 1. The van der Waals surface area contributed by atoms with Gasteiger partial charge in [0.1, 0.15) is 0 Å². The Morgan fingerprint density at radius 3 is 2.06 bits per heavy atom. The van der Waals surface area contributed by atoms with E-state index >= 15 is 0 Å². The Kier molecular flexibility index (Phi) is 8.30. The molecule has 0 aliphatic carbocycles. The SMILES string of the molecule is CCOP(=O)(OCC)C(=C=C(C)C)NC(C)CC. The Bertz CT molecular complexity index is 345. The molecular weight excluding hydrogens is 249 g/mol. The minimum Gasteiger partial charge on any atom is -0.370 e. The summed E-state index contributed by atoms with van der Waals surface area (Å²) in [6.45, 7) is 12.2. The molecule has 0 aromatic carbocycles. The molecule has 0 aromatic heterocycles. The van der Waals surface area contributed by atoms with Gasteiger partial charge in [0.05, 0.1) is 13.2 Å². The van der Waals surface area contributed by atoms with Crippen LogP contribution in [0.4, 0.5) is 0 Å². The van der Waals surface area contributed by atoms with Crippen molar-refractivity contribution in [3.05, 3.63) is 16.7 Å². The van der Waals surface area contributed by atoms with E-state index in [2.05, 4.69) is 18.0 Å². The maximum Gasteiger partial charge on any atom is 0.385 e. The molecule has 5 heteroatoms. The quantitative estimate of drug-likeness (QED) is 0.536. The zero-order valence-corrected chi connectivity index (χ0v) is 13.3. The summed E-state index contributed by atoms with van der Waals surface area (Å²) in [6.07, 6.45) is 0.923. The lowest BCUT2D eigenvalue weighted by Crippen LogP contribution is -2.25. The van der Waals surface area contributed by atoms with Gasteiger partial charge >= 0.3 is 7.60 Å². The summed E-state index contributed by atoms with van der Waals surface area (Å²) in [5.74, 6) is 0. The molecule has 0 heterocycles. The van der Waals surface area contributed by atoms with Crippen LogP contribution < -0.4 is 5.32 Å². The van der Waals surface area contributed by atoms with E-state index in [1.165, 1.54) is 0 Å². The fourth-order valence-corrected chi connectivity index (χ4v) is 3.01. The van der Waals surface area contributed by atoms with Crippen molar-refractivity contribution in [1.29, 1.82) is 0 Å². The molecule has 0 spiro atoms. The van der Waals surface area contributed by atoms with Gasteiger partial charge in [0, 0.05) is 6.04 Å². The fourth-order valence-electron chi connectivity index (χ4n) is 1.26. The van der Waals surface area contributed by atoms with E-state index in [1.54, 1.807) is 13.8 Å². The van der Waals surface area contributed by atoms with Gasteiger partial charge < -0.3 is 14.4 Å². The molecule has 1 unspecified atom stereocenters. The molecule has 0 saturated carbocycles. The van der Waals surface area contributed by atoms with Crippen molar-refractivity contribution in [3.8, 4) is 0 Å². The summed E-state index contributed by atoms with van der Waals surface area (Å²) in [6, 6.07) is 0.195. The highest BCUT2D eigenvalue weighted by Crippen LogP contribution is 2.54. The Morgan fingerprint density at radius 2 is 1.72 bits per heavy atom. The molecule has 0 bridgehead atoms. The molecule has 18 heavy (non-hydrogen) atoms. The van der Waals surface area contributed by atoms with Gasteiger partial charge in [-0.2, -0.15) is 0 Å². The first kappa shape index (κ1) is 17.5. The minimum atomic E-state index is -3.28. The van der Waals surface area contributed by atoms with Gasteiger partial charge in [-0.3, -0.25) is 4.57 Å². The molecular formula is C13H26NO3P. The molecule has 0 saturated heterocycles. The van der Waals surface area contributed by atoms with Crippen molar-refractivity contribution in [1.82, 2.24) is 5.32 Å². The molecule has 0 amide bonds. The van der Waals surface area contributed by atoms with Gasteiger partial charge in [0.15, 0.2) is 5.44 Å². The van der Waals surface area contributed by atoms with Gasteiger partial charge in [0.2, 0.25) is 0 Å². The summed E-state index contributed by atoms with van der Waals surface area (Å²) in [7, 11) is -3.28. The average molecular weight is 275 g/mol.